The van der Waals surface area contributed by atoms with Gasteiger partial charge in [-0.25, -0.2) is 4.79 Å². The predicted octanol–water partition coefficient (Wildman–Crippen LogP) is 4.49. The third-order valence-electron chi connectivity index (χ3n) is 6.02. The number of aromatic nitrogens is 2. The van der Waals surface area contributed by atoms with Crippen LogP contribution in [0.25, 0.3) is 5.69 Å². The molecule has 1 saturated heterocycles. The first kappa shape index (κ1) is 21.1. The van der Waals surface area contributed by atoms with E-state index in [1.807, 2.05) is 31.2 Å². The molecule has 0 amide bonds. The fourth-order valence-electron chi connectivity index (χ4n) is 4.53. The second-order valence-electron chi connectivity index (χ2n) is 7.88. The molecular weight excluding hydrogens is 408 g/mol. The lowest BCUT2D eigenvalue weighted by molar-refractivity contribution is 0.0697. The highest BCUT2D eigenvalue weighted by molar-refractivity contribution is 7.80. The maximum Gasteiger partial charge on any atom is 0.335 e. The van der Waals surface area contributed by atoms with Gasteiger partial charge in [-0.15, -0.1) is 0 Å². The third-order valence-corrected chi connectivity index (χ3v) is 6.38. The molecule has 0 radical (unpaired) electrons. The Morgan fingerprint density at radius 3 is 2.61 bits per heavy atom. The quantitative estimate of drug-likeness (QED) is 0.577. The number of aromatic carboxylic acids is 1. The molecule has 2 N–H and O–H groups in total. The van der Waals surface area contributed by atoms with Crippen molar-refractivity contribution >= 4 is 23.3 Å². The normalized spacial score (nSPS) is 18.3. The molecule has 2 atom stereocenters. The van der Waals surface area contributed by atoms with Gasteiger partial charge < -0.3 is 19.9 Å². The molecule has 1 fully saturated rings. The molecule has 3 heterocycles. The highest BCUT2D eigenvalue weighted by Gasteiger charge is 2.40. The summed E-state index contributed by atoms with van der Waals surface area (Å²) in [4.78, 5) is 18.3. The number of nitrogens with zero attached hydrogens (tertiary/aromatic N) is 3. The molecule has 6 nitrogen and oxygen atoms in total. The van der Waals surface area contributed by atoms with Crippen LogP contribution in [0.2, 0.25) is 0 Å². The summed E-state index contributed by atoms with van der Waals surface area (Å²) in [5.41, 5.74) is 6.40. The van der Waals surface area contributed by atoms with Crippen LogP contribution in [-0.2, 0) is 0 Å². The smallest absolute Gasteiger partial charge is 0.335 e. The van der Waals surface area contributed by atoms with Crippen LogP contribution in [0.4, 0.5) is 0 Å². The van der Waals surface area contributed by atoms with Crippen molar-refractivity contribution in [2.75, 3.05) is 6.54 Å². The van der Waals surface area contributed by atoms with Gasteiger partial charge in [-0.1, -0.05) is 12.1 Å². The minimum Gasteiger partial charge on any atom is -0.478 e. The van der Waals surface area contributed by atoms with E-state index in [1.54, 1.807) is 18.3 Å². The molecule has 1 aromatic carbocycles. The van der Waals surface area contributed by atoms with E-state index in [9.17, 15) is 9.90 Å². The van der Waals surface area contributed by atoms with Crippen LogP contribution in [0, 0.1) is 20.8 Å². The lowest BCUT2D eigenvalue weighted by Gasteiger charge is -2.27. The molecule has 4 rings (SSSR count). The van der Waals surface area contributed by atoms with Crippen molar-refractivity contribution in [2.24, 2.45) is 0 Å². The molecule has 1 aliphatic heterocycles. The van der Waals surface area contributed by atoms with Crippen LogP contribution >= 0.6 is 12.2 Å². The van der Waals surface area contributed by atoms with E-state index in [4.69, 9.17) is 12.2 Å². The number of thiocarbonyl (C=S) groups is 1. The van der Waals surface area contributed by atoms with Crippen LogP contribution in [0.3, 0.4) is 0 Å². The van der Waals surface area contributed by atoms with Gasteiger partial charge in [0.05, 0.1) is 23.3 Å². The van der Waals surface area contributed by atoms with Crippen molar-refractivity contribution in [3.8, 4) is 5.69 Å². The average molecular weight is 435 g/mol. The number of carboxylic acids is 1. The topological polar surface area (TPSA) is 70.4 Å². The van der Waals surface area contributed by atoms with E-state index < -0.39 is 5.97 Å². The number of rotatable bonds is 5. The number of carbonyl (C=O) groups is 1. The Hall–Kier alpha value is -3.19. The van der Waals surface area contributed by atoms with Gasteiger partial charge in [-0.2, -0.15) is 0 Å². The number of hydrogen-bond donors (Lipinski definition) is 2. The summed E-state index contributed by atoms with van der Waals surface area (Å²) in [6.45, 7) is 9.01. The van der Waals surface area contributed by atoms with Gasteiger partial charge in [0.2, 0.25) is 0 Å². The van der Waals surface area contributed by atoms with Crippen molar-refractivity contribution in [2.45, 2.75) is 39.8 Å². The van der Waals surface area contributed by atoms with Gasteiger partial charge in [0.15, 0.2) is 5.11 Å². The molecule has 160 valence electrons. The fraction of sp³-hybridized carbons (Fsp3) is 0.292. The fourth-order valence-corrected chi connectivity index (χ4v) is 4.90. The van der Waals surface area contributed by atoms with Gasteiger partial charge in [0.1, 0.15) is 0 Å². The standard InChI is InChI=1S/C24H26N4O2S/c1-5-27-22(21(26-24(27)31)19-8-6-7-11-25-19)18-12-15(3)28(16(18)4)20-13-17(23(29)30)10-9-14(20)2/h6-13,21-22H,5H2,1-4H3,(H,26,31)(H,29,30)/t21-,22+/m0/s1. The van der Waals surface area contributed by atoms with Gasteiger partial charge in [-0.05, 0) is 81.4 Å². The molecule has 2 aromatic heterocycles. The molecular formula is C24H26N4O2S. The second kappa shape index (κ2) is 8.15. The van der Waals surface area contributed by atoms with Crippen molar-refractivity contribution < 1.29 is 9.90 Å². The number of likely N-dealkylation sites (N-methyl/N-ethyl adjacent to an activating group) is 1. The van der Waals surface area contributed by atoms with Crippen LogP contribution in [0.1, 0.15) is 57.6 Å². The van der Waals surface area contributed by atoms with Crippen LogP contribution in [0.15, 0.2) is 48.7 Å². The molecule has 0 aliphatic carbocycles. The van der Waals surface area contributed by atoms with E-state index in [1.165, 1.54) is 0 Å². The van der Waals surface area contributed by atoms with Crippen molar-refractivity contribution in [3.63, 3.8) is 0 Å². The van der Waals surface area contributed by atoms with Crippen molar-refractivity contribution in [1.82, 2.24) is 19.8 Å². The summed E-state index contributed by atoms with van der Waals surface area (Å²) in [7, 11) is 0. The maximum atomic E-state index is 11.6. The van der Waals surface area contributed by atoms with E-state index in [-0.39, 0.29) is 17.6 Å². The van der Waals surface area contributed by atoms with Crippen molar-refractivity contribution in [1.29, 1.82) is 0 Å². The number of pyridine rings is 1. The Kier molecular flexibility index (Phi) is 5.54. The molecule has 1 aliphatic rings. The number of nitrogens with one attached hydrogen (secondary N) is 1. The predicted molar refractivity (Wildman–Crippen MR) is 125 cm³/mol. The molecule has 7 heteroatoms. The molecule has 0 spiro atoms. The maximum absolute atomic E-state index is 11.6. The number of benzene rings is 1. The monoisotopic (exact) mass is 434 g/mol. The van der Waals surface area contributed by atoms with E-state index in [2.05, 4.69) is 46.6 Å². The van der Waals surface area contributed by atoms with Gasteiger partial charge >= 0.3 is 5.97 Å². The molecule has 3 aromatic rings. The van der Waals surface area contributed by atoms with Crippen LogP contribution in [0.5, 0.6) is 0 Å². The Balaban J connectivity index is 1.86. The van der Waals surface area contributed by atoms with Gasteiger partial charge in [-0.3, -0.25) is 4.98 Å². The first-order chi connectivity index (χ1) is 14.8. The summed E-state index contributed by atoms with van der Waals surface area (Å²) in [5, 5.41) is 13.7. The van der Waals surface area contributed by atoms with E-state index in [0.29, 0.717) is 0 Å². The Morgan fingerprint density at radius 1 is 1.19 bits per heavy atom. The average Bonchev–Trinajstić information content (AvgIpc) is 3.24. The zero-order chi connectivity index (χ0) is 22.3. The van der Waals surface area contributed by atoms with E-state index >= 15 is 0 Å². The largest absolute Gasteiger partial charge is 0.478 e. The van der Waals surface area contributed by atoms with Crippen LogP contribution in [-0.4, -0.2) is 37.2 Å². The Morgan fingerprint density at radius 2 is 1.97 bits per heavy atom. The summed E-state index contributed by atoms with van der Waals surface area (Å²) < 4.78 is 2.14. The van der Waals surface area contributed by atoms with Gasteiger partial charge in [0, 0.05) is 29.8 Å². The van der Waals surface area contributed by atoms with Crippen LogP contribution < -0.4 is 5.32 Å². The Labute approximate surface area is 187 Å². The summed E-state index contributed by atoms with van der Waals surface area (Å²) in [5.74, 6) is -0.929. The first-order valence-corrected chi connectivity index (χ1v) is 10.8. The minimum atomic E-state index is -0.929. The SMILES string of the molecule is CCN1C(=S)N[C@@H](c2ccccn2)[C@H]1c1cc(C)n(-c2cc(C(=O)O)ccc2C)c1C. The Bertz CT molecular complexity index is 1160. The van der Waals surface area contributed by atoms with E-state index in [0.717, 1.165) is 45.6 Å². The molecule has 31 heavy (non-hydrogen) atoms. The molecule has 0 bridgehead atoms. The molecule has 0 unspecified atom stereocenters. The number of carboxylic acid groups (broad SMARTS) is 1. The lowest BCUT2D eigenvalue weighted by atomic mass is 9.97. The lowest BCUT2D eigenvalue weighted by Crippen LogP contribution is -2.29. The summed E-state index contributed by atoms with van der Waals surface area (Å²) in [6.07, 6.45) is 1.80. The number of aryl methyl sites for hydroxylation is 2. The second-order valence-corrected chi connectivity index (χ2v) is 8.27. The highest BCUT2D eigenvalue weighted by Crippen LogP contribution is 2.41. The summed E-state index contributed by atoms with van der Waals surface area (Å²) >= 11 is 5.65. The van der Waals surface area contributed by atoms with Gasteiger partial charge in [0.25, 0.3) is 0 Å². The zero-order valence-corrected chi connectivity index (χ0v) is 18.9. The molecule has 0 saturated carbocycles. The summed E-state index contributed by atoms with van der Waals surface area (Å²) in [6, 6.07) is 13.3. The third kappa shape index (κ3) is 3.59. The van der Waals surface area contributed by atoms with Crippen molar-refractivity contribution in [3.05, 3.63) is 82.4 Å². The highest BCUT2D eigenvalue weighted by atomic mass is 32.1. The number of hydrogen-bond acceptors (Lipinski definition) is 3. The minimum absolute atomic E-state index is 0.00434. The first-order valence-electron chi connectivity index (χ1n) is 10.3. The zero-order valence-electron chi connectivity index (χ0n) is 18.1.